The maximum atomic E-state index is 12.3. The first kappa shape index (κ1) is 14.4. The number of rotatable bonds is 3. The summed E-state index contributed by atoms with van der Waals surface area (Å²) in [5.74, 6) is -1.18. The van der Waals surface area contributed by atoms with Crippen LogP contribution in [-0.4, -0.2) is 59.3 Å². The van der Waals surface area contributed by atoms with Gasteiger partial charge < -0.3 is 15.3 Å². The van der Waals surface area contributed by atoms with E-state index in [1.165, 1.54) is 6.92 Å². The molecule has 0 radical (unpaired) electrons. The van der Waals surface area contributed by atoms with Gasteiger partial charge in [0.25, 0.3) is 0 Å². The summed E-state index contributed by atoms with van der Waals surface area (Å²) in [5, 5.41) is 27.6. The minimum atomic E-state index is -3.89. The molecule has 2 heterocycles. The molecular formula is C10H13NO6S2. The van der Waals surface area contributed by atoms with E-state index in [4.69, 9.17) is 5.11 Å². The lowest BCUT2D eigenvalue weighted by atomic mass is 10.3. The maximum absolute atomic E-state index is 12.3. The zero-order chi connectivity index (χ0) is 14.4. The van der Waals surface area contributed by atoms with E-state index in [0.29, 0.717) is 4.88 Å². The largest absolute Gasteiger partial charge is 0.477 e. The molecule has 9 heteroatoms. The number of aromatic carboxylic acids is 1. The molecule has 1 saturated heterocycles. The fourth-order valence-corrected chi connectivity index (χ4v) is 4.77. The van der Waals surface area contributed by atoms with Gasteiger partial charge in [0.15, 0.2) is 0 Å². The van der Waals surface area contributed by atoms with E-state index in [0.717, 1.165) is 21.7 Å². The van der Waals surface area contributed by atoms with Gasteiger partial charge in [0.1, 0.15) is 4.88 Å². The van der Waals surface area contributed by atoms with Crippen LogP contribution in [0.1, 0.15) is 14.5 Å². The highest BCUT2D eigenvalue weighted by Crippen LogP contribution is 2.30. The molecule has 2 unspecified atom stereocenters. The molecule has 0 saturated carbocycles. The Morgan fingerprint density at radius 2 is 1.89 bits per heavy atom. The highest BCUT2D eigenvalue weighted by atomic mass is 32.2. The lowest BCUT2D eigenvalue weighted by molar-refractivity contribution is 0.0572. The zero-order valence-electron chi connectivity index (χ0n) is 9.98. The SMILES string of the molecule is Cc1sc(C(=O)O)cc1S(=O)(=O)N1CC(O)C(O)C1. The van der Waals surface area contributed by atoms with Crippen LogP contribution in [0, 0.1) is 6.92 Å². The van der Waals surface area contributed by atoms with Crippen molar-refractivity contribution in [3.63, 3.8) is 0 Å². The van der Waals surface area contributed by atoms with Gasteiger partial charge in [-0.2, -0.15) is 4.31 Å². The van der Waals surface area contributed by atoms with Crippen molar-refractivity contribution in [2.75, 3.05) is 13.1 Å². The van der Waals surface area contributed by atoms with Gasteiger partial charge >= 0.3 is 5.97 Å². The standard InChI is InChI=1S/C10H13NO6S2/c1-5-9(2-8(18-5)10(14)15)19(16,17)11-3-6(12)7(13)4-11/h2,6-7,12-13H,3-4H2,1H3,(H,14,15). The number of aliphatic hydroxyl groups is 2. The van der Waals surface area contributed by atoms with Crippen molar-refractivity contribution in [2.45, 2.75) is 24.0 Å². The monoisotopic (exact) mass is 307 g/mol. The Morgan fingerprint density at radius 1 is 1.37 bits per heavy atom. The normalized spacial score (nSPS) is 24.8. The molecule has 19 heavy (non-hydrogen) atoms. The lowest BCUT2D eigenvalue weighted by Gasteiger charge is -2.15. The van der Waals surface area contributed by atoms with Crippen molar-refractivity contribution in [2.24, 2.45) is 0 Å². The molecule has 0 bridgehead atoms. The van der Waals surface area contributed by atoms with Crippen molar-refractivity contribution in [1.29, 1.82) is 0 Å². The Morgan fingerprint density at radius 3 is 2.32 bits per heavy atom. The molecule has 2 atom stereocenters. The zero-order valence-corrected chi connectivity index (χ0v) is 11.6. The summed E-state index contributed by atoms with van der Waals surface area (Å²) in [7, 11) is -3.89. The maximum Gasteiger partial charge on any atom is 0.345 e. The summed E-state index contributed by atoms with van der Waals surface area (Å²) in [4.78, 5) is 11.1. The molecule has 7 nitrogen and oxygen atoms in total. The fraction of sp³-hybridized carbons (Fsp3) is 0.500. The second kappa shape index (κ2) is 4.84. The Kier molecular flexibility index (Phi) is 3.67. The lowest BCUT2D eigenvalue weighted by Crippen LogP contribution is -2.30. The number of aliphatic hydroxyl groups excluding tert-OH is 2. The number of carbonyl (C=O) groups is 1. The number of carboxylic acids is 1. The van der Waals surface area contributed by atoms with E-state index in [2.05, 4.69) is 0 Å². The smallest absolute Gasteiger partial charge is 0.345 e. The van der Waals surface area contributed by atoms with E-state index in [1.54, 1.807) is 0 Å². The van der Waals surface area contributed by atoms with Crippen LogP contribution in [0.4, 0.5) is 0 Å². The molecule has 106 valence electrons. The molecule has 1 aliphatic rings. The number of carboxylic acid groups (broad SMARTS) is 1. The van der Waals surface area contributed by atoms with Crippen molar-refractivity contribution >= 4 is 27.3 Å². The first-order valence-electron chi connectivity index (χ1n) is 5.43. The molecule has 1 aromatic rings. The third-order valence-electron chi connectivity index (χ3n) is 2.93. The molecule has 2 rings (SSSR count). The van der Waals surface area contributed by atoms with Gasteiger partial charge in [-0.3, -0.25) is 0 Å². The number of β-amino-alcohol motifs (C(OH)–C–C–N with tert-alkyl or cyclic N) is 2. The van der Waals surface area contributed by atoms with Crippen LogP contribution in [0.3, 0.4) is 0 Å². The first-order chi connectivity index (χ1) is 8.73. The minimum Gasteiger partial charge on any atom is -0.477 e. The van der Waals surface area contributed by atoms with Crippen LogP contribution < -0.4 is 0 Å². The summed E-state index contributed by atoms with van der Waals surface area (Å²) in [6, 6.07) is 1.11. The van der Waals surface area contributed by atoms with Gasteiger partial charge in [0.2, 0.25) is 10.0 Å². The minimum absolute atomic E-state index is 0.0589. The molecule has 1 aromatic heterocycles. The van der Waals surface area contributed by atoms with Crippen LogP contribution in [0.15, 0.2) is 11.0 Å². The highest BCUT2D eigenvalue weighted by molar-refractivity contribution is 7.89. The molecule has 0 aliphatic carbocycles. The van der Waals surface area contributed by atoms with Crippen molar-refractivity contribution in [3.8, 4) is 0 Å². The number of hydrogen-bond acceptors (Lipinski definition) is 6. The third-order valence-corrected chi connectivity index (χ3v) is 6.05. The number of aryl methyl sites for hydroxylation is 1. The molecule has 0 amide bonds. The predicted molar refractivity (Wildman–Crippen MR) is 66.8 cm³/mol. The van der Waals surface area contributed by atoms with Gasteiger partial charge in [-0.05, 0) is 13.0 Å². The number of sulfonamides is 1. The first-order valence-corrected chi connectivity index (χ1v) is 7.69. The molecule has 1 fully saturated rings. The van der Waals surface area contributed by atoms with Crippen molar-refractivity contribution < 1.29 is 28.5 Å². The summed E-state index contributed by atoms with van der Waals surface area (Å²) in [6.07, 6.45) is -2.24. The molecule has 0 aromatic carbocycles. The number of nitrogens with zero attached hydrogens (tertiary/aromatic N) is 1. The van der Waals surface area contributed by atoms with Gasteiger partial charge in [-0.15, -0.1) is 11.3 Å². The Labute approximate surface area is 113 Å². The highest BCUT2D eigenvalue weighted by Gasteiger charge is 2.38. The number of thiophene rings is 1. The average Bonchev–Trinajstić information content (AvgIpc) is 2.84. The van der Waals surface area contributed by atoms with Crippen molar-refractivity contribution in [1.82, 2.24) is 4.31 Å². The Bertz CT molecular complexity index is 598. The number of hydrogen-bond donors (Lipinski definition) is 3. The second-order valence-corrected chi connectivity index (χ2v) is 7.46. The van der Waals surface area contributed by atoms with Crippen LogP contribution >= 0.6 is 11.3 Å². The summed E-state index contributed by atoms with van der Waals surface area (Å²) >= 11 is 0.879. The molecule has 3 N–H and O–H groups in total. The average molecular weight is 307 g/mol. The van der Waals surface area contributed by atoms with E-state index in [9.17, 15) is 23.4 Å². The fourth-order valence-electron chi connectivity index (χ4n) is 1.90. The topological polar surface area (TPSA) is 115 Å². The van der Waals surface area contributed by atoms with E-state index in [1.807, 2.05) is 0 Å². The van der Waals surface area contributed by atoms with Crippen LogP contribution in [0.2, 0.25) is 0 Å². The van der Waals surface area contributed by atoms with Crippen molar-refractivity contribution in [3.05, 3.63) is 15.8 Å². The quantitative estimate of drug-likeness (QED) is 0.692. The Balaban J connectivity index is 2.38. The van der Waals surface area contributed by atoms with Gasteiger partial charge in [-0.25, -0.2) is 13.2 Å². The summed E-state index contributed by atoms with van der Waals surface area (Å²) in [6.45, 7) is 1.13. The van der Waals surface area contributed by atoms with E-state index < -0.39 is 28.2 Å². The summed E-state index contributed by atoms with van der Waals surface area (Å²) in [5.41, 5.74) is 0. The molecular weight excluding hydrogens is 294 g/mol. The van der Waals surface area contributed by atoms with E-state index in [-0.39, 0.29) is 22.9 Å². The van der Waals surface area contributed by atoms with Crippen LogP contribution in [0.5, 0.6) is 0 Å². The van der Waals surface area contributed by atoms with Gasteiger partial charge in [0.05, 0.1) is 17.1 Å². The van der Waals surface area contributed by atoms with E-state index >= 15 is 0 Å². The van der Waals surface area contributed by atoms with Gasteiger partial charge in [-0.1, -0.05) is 0 Å². The molecule has 0 spiro atoms. The predicted octanol–water partition coefficient (Wildman–Crippen LogP) is -0.519. The second-order valence-electron chi connectivity index (χ2n) is 4.29. The van der Waals surface area contributed by atoms with Crippen LogP contribution in [0.25, 0.3) is 0 Å². The third kappa shape index (κ3) is 2.51. The van der Waals surface area contributed by atoms with Crippen LogP contribution in [-0.2, 0) is 10.0 Å². The molecule has 1 aliphatic heterocycles. The van der Waals surface area contributed by atoms with Gasteiger partial charge in [0, 0.05) is 18.0 Å². The summed E-state index contributed by atoms with van der Waals surface area (Å²) < 4.78 is 25.6. The Hall–Kier alpha value is -1.00.